The van der Waals surface area contributed by atoms with E-state index >= 15 is 0 Å². The van der Waals surface area contributed by atoms with Crippen LogP contribution < -0.4 is 4.74 Å². The summed E-state index contributed by atoms with van der Waals surface area (Å²) in [5.74, 6) is 0.830. The molecule has 0 aliphatic carbocycles. The Morgan fingerprint density at radius 1 is 1.29 bits per heavy atom. The average Bonchev–Trinajstić information content (AvgIpc) is 2.52. The number of hydrogen-bond donors (Lipinski definition) is 0. The molecule has 0 aliphatic rings. The third-order valence-electron chi connectivity index (χ3n) is 2.81. The van der Waals surface area contributed by atoms with Crippen LogP contribution in [0, 0.1) is 14.9 Å². The molecule has 106 valence electrons. The highest BCUT2D eigenvalue weighted by Gasteiger charge is 2.01. The van der Waals surface area contributed by atoms with Crippen LogP contribution in [0.15, 0.2) is 47.6 Å². The molecule has 0 aromatic heterocycles. The molecule has 21 heavy (non-hydrogen) atoms. The molecule has 5 heteroatoms. The predicted octanol–water partition coefficient (Wildman–Crippen LogP) is 3.72. The molecule has 2 aromatic carbocycles. The first-order valence-electron chi connectivity index (χ1n) is 6.21. The summed E-state index contributed by atoms with van der Waals surface area (Å²) in [5, 5.41) is 12.9. The maximum Gasteiger partial charge on any atom is 0.143 e. The van der Waals surface area contributed by atoms with Gasteiger partial charge in [-0.25, -0.2) is 0 Å². The van der Waals surface area contributed by atoms with Crippen LogP contribution in [0.5, 0.6) is 5.75 Å². The van der Waals surface area contributed by atoms with Gasteiger partial charge in [-0.05, 0) is 52.4 Å². The number of hydrogen-bond acceptors (Lipinski definition) is 4. The van der Waals surface area contributed by atoms with Crippen molar-refractivity contribution in [2.45, 2.75) is 6.61 Å². The Morgan fingerprint density at radius 3 is 2.81 bits per heavy atom. The summed E-state index contributed by atoms with van der Waals surface area (Å²) in [6.07, 6.45) is 1.64. The molecule has 0 atom stereocenters. The van der Waals surface area contributed by atoms with Crippen LogP contribution in [0.25, 0.3) is 0 Å². The van der Waals surface area contributed by atoms with Crippen LogP contribution in [0.1, 0.15) is 16.7 Å². The first-order chi connectivity index (χ1) is 10.2. The normalized spacial score (nSPS) is 10.3. The molecule has 0 spiro atoms. The zero-order chi connectivity index (χ0) is 15.1. The van der Waals surface area contributed by atoms with Gasteiger partial charge in [0.1, 0.15) is 12.4 Å². The van der Waals surface area contributed by atoms with Gasteiger partial charge in [0.05, 0.1) is 28.5 Å². The summed E-state index contributed by atoms with van der Waals surface area (Å²) in [6, 6.07) is 15.2. The molecule has 2 aromatic rings. The molecule has 0 aliphatic heterocycles. The molecular formula is C16H13IN2O2. The van der Waals surface area contributed by atoms with Crippen LogP contribution in [-0.2, 0) is 11.4 Å². The Hall–Kier alpha value is -2.07. The monoisotopic (exact) mass is 392 g/mol. The molecule has 2 rings (SSSR count). The number of rotatable bonds is 5. The largest absolute Gasteiger partial charge is 0.496 e. The van der Waals surface area contributed by atoms with E-state index in [2.05, 4.69) is 33.8 Å². The fourth-order valence-electron chi connectivity index (χ4n) is 1.72. The van der Waals surface area contributed by atoms with Crippen molar-refractivity contribution in [3.05, 3.63) is 62.7 Å². The van der Waals surface area contributed by atoms with E-state index < -0.39 is 0 Å². The highest BCUT2D eigenvalue weighted by Crippen LogP contribution is 2.20. The SMILES string of the molecule is COc1ccc(/C=N\OCc2ccccc2C#N)cc1I. The molecule has 0 amide bonds. The van der Waals surface area contributed by atoms with E-state index in [0.717, 1.165) is 20.4 Å². The second-order valence-electron chi connectivity index (χ2n) is 4.17. The van der Waals surface area contributed by atoms with Crippen molar-refractivity contribution in [3.8, 4) is 11.8 Å². The zero-order valence-electron chi connectivity index (χ0n) is 11.4. The Bertz CT molecular complexity index is 693. The zero-order valence-corrected chi connectivity index (χ0v) is 13.6. The van der Waals surface area contributed by atoms with Gasteiger partial charge in [-0.15, -0.1) is 0 Å². The Balaban J connectivity index is 1.97. The van der Waals surface area contributed by atoms with E-state index in [1.165, 1.54) is 0 Å². The minimum absolute atomic E-state index is 0.271. The smallest absolute Gasteiger partial charge is 0.143 e. The number of oxime groups is 1. The molecule has 0 heterocycles. The lowest BCUT2D eigenvalue weighted by atomic mass is 10.1. The Morgan fingerprint density at radius 2 is 2.10 bits per heavy atom. The second kappa shape index (κ2) is 7.64. The first kappa shape index (κ1) is 15.3. The van der Waals surface area contributed by atoms with E-state index in [0.29, 0.717) is 5.56 Å². The van der Waals surface area contributed by atoms with Crippen molar-refractivity contribution in [1.29, 1.82) is 5.26 Å². The number of ether oxygens (including phenoxy) is 1. The maximum atomic E-state index is 8.98. The fraction of sp³-hybridized carbons (Fsp3) is 0.125. The van der Waals surface area contributed by atoms with Crippen LogP contribution in [0.4, 0.5) is 0 Å². The maximum absolute atomic E-state index is 8.98. The van der Waals surface area contributed by atoms with E-state index in [9.17, 15) is 0 Å². The summed E-state index contributed by atoms with van der Waals surface area (Å²) in [5.41, 5.74) is 2.35. The van der Waals surface area contributed by atoms with Crippen molar-refractivity contribution in [3.63, 3.8) is 0 Å². The number of methoxy groups -OCH3 is 1. The Labute approximate surface area is 137 Å². The van der Waals surface area contributed by atoms with Gasteiger partial charge in [-0.1, -0.05) is 23.4 Å². The lowest BCUT2D eigenvalue weighted by Crippen LogP contribution is -1.93. The number of nitriles is 1. The van der Waals surface area contributed by atoms with Crippen LogP contribution in [0.2, 0.25) is 0 Å². The minimum Gasteiger partial charge on any atom is -0.496 e. The predicted molar refractivity (Wildman–Crippen MR) is 89.3 cm³/mol. The summed E-state index contributed by atoms with van der Waals surface area (Å²) >= 11 is 2.20. The number of nitrogens with zero attached hydrogens (tertiary/aromatic N) is 2. The molecule has 0 N–H and O–H groups in total. The van der Waals surface area contributed by atoms with E-state index in [4.69, 9.17) is 14.8 Å². The van der Waals surface area contributed by atoms with Gasteiger partial charge < -0.3 is 9.57 Å². The molecule has 0 fully saturated rings. The standard InChI is InChI=1S/C16H13IN2O2/c1-20-16-7-6-12(8-15(16)17)10-19-21-11-14-5-3-2-4-13(14)9-18/h2-8,10H,11H2,1H3/b19-10-. The molecule has 0 saturated carbocycles. The highest BCUT2D eigenvalue weighted by atomic mass is 127. The van der Waals surface area contributed by atoms with Gasteiger partial charge in [0, 0.05) is 5.56 Å². The van der Waals surface area contributed by atoms with Gasteiger partial charge in [0.2, 0.25) is 0 Å². The third kappa shape index (κ3) is 4.20. The van der Waals surface area contributed by atoms with Crippen LogP contribution in [0.3, 0.4) is 0 Å². The van der Waals surface area contributed by atoms with Crippen molar-refractivity contribution >= 4 is 28.8 Å². The molecular weight excluding hydrogens is 379 g/mol. The van der Waals surface area contributed by atoms with E-state index in [1.807, 2.05) is 36.4 Å². The number of halogens is 1. The highest BCUT2D eigenvalue weighted by molar-refractivity contribution is 14.1. The van der Waals surface area contributed by atoms with Crippen molar-refractivity contribution in [1.82, 2.24) is 0 Å². The van der Waals surface area contributed by atoms with Crippen molar-refractivity contribution < 1.29 is 9.57 Å². The summed E-state index contributed by atoms with van der Waals surface area (Å²) in [7, 11) is 1.64. The van der Waals surface area contributed by atoms with Gasteiger partial charge in [-0.2, -0.15) is 5.26 Å². The quantitative estimate of drug-likeness (QED) is 0.443. The lowest BCUT2D eigenvalue weighted by Gasteiger charge is -2.04. The van der Waals surface area contributed by atoms with E-state index in [1.54, 1.807) is 19.4 Å². The average molecular weight is 392 g/mol. The Kier molecular flexibility index (Phi) is 5.58. The summed E-state index contributed by atoms with van der Waals surface area (Å²) in [4.78, 5) is 5.25. The van der Waals surface area contributed by atoms with E-state index in [-0.39, 0.29) is 6.61 Å². The third-order valence-corrected chi connectivity index (χ3v) is 3.65. The molecule has 0 unspecified atom stereocenters. The second-order valence-corrected chi connectivity index (χ2v) is 5.33. The lowest BCUT2D eigenvalue weighted by molar-refractivity contribution is 0.132. The van der Waals surface area contributed by atoms with Gasteiger partial charge in [0.15, 0.2) is 0 Å². The van der Waals surface area contributed by atoms with Crippen molar-refractivity contribution in [2.75, 3.05) is 7.11 Å². The van der Waals surface area contributed by atoms with Gasteiger partial charge in [0.25, 0.3) is 0 Å². The summed E-state index contributed by atoms with van der Waals surface area (Å²) < 4.78 is 6.20. The van der Waals surface area contributed by atoms with Crippen LogP contribution in [-0.4, -0.2) is 13.3 Å². The summed E-state index contributed by atoms with van der Waals surface area (Å²) in [6.45, 7) is 0.271. The molecule has 0 bridgehead atoms. The topological polar surface area (TPSA) is 54.6 Å². The van der Waals surface area contributed by atoms with Crippen LogP contribution >= 0.6 is 22.6 Å². The van der Waals surface area contributed by atoms with Crippen molar-refractivity contribution in [2.24, 2.45) is 5.16 Å². The molecule has 0 saturated heterocycles. The first-order valence-corrected chi connectivity index (χ1v) is 7.29. The fourth-order valence-corrected chi connectivity index (χ4v) is 2.48. The number of benzene rings is 2. The molecule has 4 nitrogen and oxygen atoms in total. The molecule has 0 radical (unpaired) electrons. The minimum atomic E-state index is 0.271. The van der Waals surface area contributed by atoms with Gasteiger partial charge in [-0.3, -0.25) is 0 Å². The van der Waals surface area contributed by atoms with Gasteiger partial charge >= 0.3 is 0 Å².